The molecule has 1 aliphatic carbocycles. The Morgan fingerprint density at radius 1 is 1.38 bits per heavy atom. The van der Waals surface area contributed by atoms with E-state index in [1.807, 2.05) is 0 Å². The molecule has 0 saturated carbocycles. The molecule has 2 heteroatoms. The summed E-state index contributed by atoms with van der Waals surface area (Å²) in [6.45, 7) is 5.91. The Morgan fingerprint density at radius 3 is 2.69 bits per heavy atom. The SMILES string of the molecule is CC(C)C1=CCC(C(=O)C2CCOC2)CC1. The van der Waals surface area contributed by atoms with Gasteiger partial charge in [-0.2, -0.15) is 0 Å². The number of allylic oxidation sites excluding steroid dienone is 2. The van der Waals surface area contributed by atoms with Crippen molar-refractivity contribution in [2.45, 2.75) is 39.5 Å². The predicted molar refractivity (Wildman–Crippen MR) is 64.2 cm³/mol. The zero-order valence-electron chi connectivity index (χ0n) is 10.4. The van der Waals surface area contributed by atoms with E-state index in [9.17, 15) is 4.79 Å². The van der Waals surface area contributed by atoms with Crippen LogP contribution in [-0.4, -0.2) is 19.0 Å². The third kappa shape index (κ3) is 2.54. The average molecular weight is 222 g/mol. The maximum atomic E-state index is 12.2. The summed E-state index contributed by atoms with van der Waals surface area (Å²) in [5, 5.41) is 0. The molecule has 0 spiro atoms. The number of hydrogen-bond donors (Lipinski definition) is 0. The number of carbonyl (C=O) groups excluding carboxylic acids is 1. The number of rotatable bonds is 3. The number of carbonyl (C=O) groups is 1. The number of ether oxygens (including phenoxy) is 1. The van der Waals surface area contributed by atoms with Crippen molar-refractivity contribution in [2.24, 2.45) is 17.8 Å². The summed E-state index contributed by atoms with van der Waals surface area (Å²) in [4.78, 5) is 12.2. The first-order valence-electron chi connectivity index (χ1n) is 6.49. The zero-order valence-corrected chi connectivity index (χ0v) is 10.4. The van der Waals surface area contributed by atoms with Crippen LogP contribution in [0.5, 0.6) is 0 Å². The number of Topliss-reactive ketones (excluding diaryl/α,β-unsaturated/α-hetero) is 1. The Balaban J connectivity index is 1.90. The normalized spacial score (nSPS) is 30.6. The van der Waals surface area contributed by atoms with Gasteiger partial charge in [0.2, 0.25) is 0 Å². The molecule has 2 unspecified atom stereocenters. The van der Waals surface area contributed by atoms with E-state index in [0.29, 0.717) is 18.3 Å². The second-order valence-electron chi connectivity index (χ2n) is 5.37. The molecule has 0 aromatic carbocycles. The monoisotopic (exact) mass is 222 g/mol. The van der Waals surface area contributed by atoms with Crippen LogP contribution in [0.15, 0.2) is 11.6 Å². The summed E-state index contributed by atoms with van der Waals surface area (Å²) in [5.41, 5.74) is 1.53. The lowest BCUT2D eigenvalue weighted by molar-refractivity contribution is -0.127. The molecule has 1 saturated heterocycles. The molecule has 1 aliphatic heterocycles. The third-order valence-corrected chi connectivity index (χ3v) is 3.92. The molecule has 1 heterocycles. The van der Waals surface area contributed by atoms with E-state index in [1.54, 1.807) is 0 Å². The van der Waals surface area contributed by atoms with Gasteiger partial charge >= 0.3 is 0 Å². The summed E-state index contributed by atoms with van der Waals surface area (Å²) in [5.74, 6) is 1.57. The molecule has 90 valence electrons. The minimum absolute atomic E-state index is 0.194. The minimum atomic E-state index is 0.194. The maximum Gasteiger partial charge on any atom is 0.141 e. The van der Waals surface area contributed by atoms with Crippen molar-refractivity contribution in [1.29, 1.82) is 0 Å². The Morgan fingerprint density at radius 2 is 2.19 bits per heavy atom. The van der Waals surface area contributed by atoms with E-state index in [1.165, 1.54) is 5.57 Å². The van der Waals surface area contributed by atoms with Gasteiger partial charge in [-0.3, -0.25) is 4.79 Å². The lowest BCUT2D eigenvalue weighted by Gasteiger charge is -2.24. The summed E-state index contributed by atoms with van der Waals surface area (Å²) in [6, 6.07) is 0. The summed E-state index contributed by atoms with van der Waals surface area (Å²) in [7, 11) is 0. The Kier molecular flexibility index (Phi) is 3.80. The second kappa shape index (κ2) is 5.13. The van der Waals surface area contributed by atoms with Crippen molar-refractivity contribution in [2.75, 3.05) is 13.2 Å². The van der Waals surface area contributed by atoms with Gasteiger partial charge in [-0.05, 0) is 31.6 Å². The van der Waals surface area contributed by atoms with E-state index < -0.39 is 0 Å². The molecule has 2 atom stereocenters. The fourth-order valence-corrected chi connectivity index (χ4v) is 2.73. The van der Waals surface area contributed by atoms with Crippen LogP contribution in [0.4, 0.5) is 0 Å². The average Bonchev–Trinajstić information content (AvgIpc) is 2.81. The van der Waals surface area contributed by atoms with Gasteiger partial charge in [-0.25, -0.2) is 0 Å². The van der Waals surface area contributed by atoms with Crippen LogP contribution in [0, 0.1) is 17.8 Å². The van der Waals surface area contributed by atoms with Crippen molar-refractivity contribution >= 4 is 5.78 Å². The molecule has 0 N–H and O–H groups in total. The molecule has 0 radical (unpaired) electrons. The molecular weight excluding hydrogens is 200 g/mol. The van der Waals surface area contributed by atoms with E-state index >= 15 is 0 Å². The van der Waals surface area contributed by atoms with Gasteiger partial charge in [0.1, 0.15) is 5.78 Å². The van der Waals surface area contributed by atoms with Gasteiger partial charge in [0.05, 0.1) is 6.61 Å². The number of ketones is 1. The zero-order chi connectivity index (χ0) is 11.5. The number of hydrogen-bond acceptors (Lipinski definition) is 2. The molecule has 2 aliphatic rings. The smallest absolute Gasteiger partial charge is 0.141 e. The molecule has 2 nitrogen and oxygen atoms in total. The Labute approximate surface area is 98.1 Å². The minimum Gasteiger partial charge on any atom is -0.381 e. The molecule has 2 rings (SSSR count). The quantitative estimate of drug-likeness (QED) is 0.686. The van der Waals surface area contributed by atoms with Crippen LogP contribution in [-0.2, 0) is 9.53 Å². The molecule has 0 amide bonds. The predicted octanol–water partition coefficient (Wildman–Crippen LogP) is 2.97. The van der Waals surface area contributed by atoms with Crippen LogP contribution in [0.3, 0.4) is 0 Å². The Bertz CT molecular complexity index is 285. The first-order valence-corrected chi connectivity index (χ1v) is 6.49. The van der Waals surface area contributed by atoms with Gasteiger partial charge < -0.3 is 4.74 Å². The summed E-state index contributed by atoms with van der Waals surface area (Å²) < 4.78 is 5.29. The van der Waals surface area contributed by atoms with Crippen molar-refractivity contribution < 1.29 is 9.53 Å². The molecule has 16 heavy (non-hydrogen) atoms. The maximum absolute atomic E-state index is 12.2. The van der Waals surface area contributed by atoms with Crippen LogP contribution >= 0.6 is 0 Å². The standard InChI is InChI=1S/C14H22O2/c1-10(2)11-3-5-12(6-4-11)14(15)13-7-8-16-9-13/h3,10,12-13H,4-9H2,1-2H3. The van der Waals surface area contributed by atoms with E-state index in [0.717, 1.165) is 32.3 Å². The van der Waals surface area contributed by atoms with Gasteiger partial charge in [0.25, 0.3) is 0 Å². The third-order valence-electron chi connectivity index (χ3n) is 3.92. The fourth-order valence-electron chi connectivity index (χ4n) is 2.73. The first kappa shape index (κ1) is 11.8. The lowest BCUT2D eigenvalue weighted by atomic mass is 9.80. The largest absolute Gasteiger partial charge is 0.381 e. The highest BCUT2D eigenvalue weighted by atomic mass is 16.5. The second-order valence-corrected chi connectivity index (χ2v) is 5.37. The van der Waals surface area contributed by atoms with Crippen LogP contribution in [0.1, 0.15) is 39.5 Å². The van der Waals surface area contributed by atoms with Crippen LogP contribution < -0.4 is 0 Å². The highest BCUT2D eigenvalue weighted by molar-refractivity contribution is 5.84. The topological polar surface area (TPSA) is 26.3 Å². The molecule has 1 fully saturated rings. The van der Waals surface area contributed by atoms with Crippen molar-refractivity contribution in [1.82, 2.24) is 0 Å². The van der Waals surface area contributed by atoms with Crippen molar-refractivity contribution in [3.05, 3.63) is 11.6 Å². The molecular formula is C14H22O2. The summed E-state index contributed by atoms with van der Waals surface area (Å²) >= 11 is 0. The van der Waals surface area contributed by atoms with E-state index in [2.05, 4.69) is 19.9 Å². The van der Waals surface area contributed by atoms with Gasteiger partial charge in [0.15, 0.2) is 0 Å². The van der Waals surface area contributed by atoms with Crippen LogP contribution in [0.2, 0.25) is 0 Å². The molecule has 0 aromatic rings. The summed E-state index contributed by atoms with van der Waals surface area (Å²) in [6.07, 6.45) is 6.37. The van der Waals surface area contributed by atoms with Gasteiger partial charge in [-0.1, -0.05) is 25.5 Å². The van der Waals surface area contributed by atoms with E-state index in [4.69, 9.17) is 4.74 Å². The molecule has 0 bridgehead atoms. The highest BCUT2D eigenvalue weighted by Crippen LogP contribution is 2.31. The molecule has 0 aromatic heterocycles. The Hall–Kier alpha value is -0.630. The van der Waals surface area contributed by atoms with Crippen molar-refractivity contribution in [3.8, 4) is 0 Å². The van der Waals surface area contributed by atoms with Crippen molar-refractivity contribution in [3.63, 3.8) is 0 Å². The first-order chi connectivity index (χ1) is 7.68. The highest BCUT2D eigenvalue weighted by Gasteiger charge is 2.30. The van der Waals surface area contributed by atoms with E-state index in [-0.39, 0.29) is 11.8 Å². The van der Waals surface area contributed by atoms with Crippen LogP contribution in [0.25, 0.3) is 0 Å². The van der Waals surface area contributed by atoms with Gasteiger partial charge in [-0.15, -0.1) is 0 Å². The fraction of sp³-hybridized carbons (Fsp3) is 0.786. The van der Waals surface area contributed by atoms with Gasteiger partial charge in [0, 0.05) is 18.4 Å². The lowest BCUT2D eigenvalue weighted by Crippen LogP contribution is -2.25.